The van der Waals surface area contributed by atoms with Crippen LogP contribution in [-0.2, 0) is 20.1 Å². The molecule has 0 bridgehead atoms. The van der Waals surface area contributed by atoms with Gasteiger partial charge in [-0.1, -0.05) is 29.8 Å². The molecule has 0 aliphatic heterocycles. The number of nitrogens with one attached hydrogen (secondary N) is 1. The molecule has 1 unspecified atom stereocenters. The molecule has 0 heterocycles. The lowest BCUT2D eigenvalue weighted by atomic mass is 10.0. The minimum Gasteiger partial charge on any atom is -0.427 e. The molecule has 1 atom stereocenters. The minimum atomic E-state index is -1.33. The average molecular weight is 457 g/mol. The highest BCUT2D eigenvalue weighted by molar-refractivity contribution is 6.30. The van der Waals surface area contributed by atoms with Gasteiger partial charge in [-0.15, -0.1) is 12.4 Å². The second-order valence-corrected chi connectivity index (χ2v) is 7.01. The Morgan fingerprint density at radius 3 is 2.43 bits per heavy atom. The summed E-state index contributed by atoms with van der Waals surface area (Å²) in [4.78, 5) is 25.8. The Labute approximate surface area is 187 Å². The molecular weight excluding hydrogens is 431 g/mol. The molecule has 1 N–H and O–H groups in total. The van der Waals surface area contributed by atoms with Gasteiger partial charge in [0.15, 0.2) is 0 Å². The van der Waals surface area contributed by atoms with Gasteiger partial charge < -0.3 is 19.1 Å². The van der Waals surface area contributed by atoms with E-state index in [1.165, 1.54) is 6.92 Å². The van der Waals surface area contributed by atoms with Crippen LogP contribution in [0.4, 0.5) is 10.5 Å². The molecular formula is C21H26Cl2N2O5. The van der Waals surface area contributed by atoms with Crippen molar-refractivity contribution < 1.29 is 23.8 Å². The van der Waals surface area contributed by atoms with Crippen LogP contribution in [0.15, 0.2) is 48.5 Å². The van der Waals surface area contributed by atoms with Crippen molar-refractivity contribution in [3.05, 3.63) is 59.1 Å². The highest BCUT2D eigenvalue weighted by Gasteiger charge is 2.38. The number of carbonyl (C=O) groups is 2. The lowest BCUT2D eigenvalue weighted by Crippen LogP contribution is -2.44. The van der Waals surface area contributed by atoms with Crippen molar-refractivity contribution in [1.82, 2.24) is 4.90 Å². The van der Waals surface area contributed by atoms with E-state index < -0.39 is 17.8 Å². The van der Waals surface area contributed by atoms with Gasteiger partial charge in [0.1, 0.15) is 5.75 Å². The summed E-state index contributed by atoms with van der Waals surface area (Å²) in [6, 6.07) is 13.4. The summed E-state index contributed by atoms with van der Waals surface area (Å²) in [7, 11) is 3.69. The van der Waals surface area contributed by atoms with E-state index in [0.717, 1.165) is 0 Å². The lowest BCUT2D eigenvalue weighted by molar-refractivity contribution is -0.241. The number of nitrogens with zero attached hydrogens (tertiary/aromatic N) is 1. The Balaban J connectivity index is 0.00000450. The molecule has 0 aromatic heterocycles. The number of amides is 1. The van der Waals surface area contributed by atoms with Crippen molar-refractivity contribution in [1.29, 1.82) is 0 Å². The predicted molar refractivity (Wildman–Crippen MR) is 118 cm³/mol. The quantitative estimate of drug-likeness (QED) is 0.458. The van der Waals surface area contributed by atoms with Gasteiger partial charge in [-0.3, -0.25) is 10.1 Å². The van der Waals surface area contributed by atoms with Crippen LogP contribution in [0.2, 0.25) is 5.02 Å². The Hall–Kier alpha value is -2.32. The fraction of sp³-hybridized carbons (Fsp3) is 0.333. The molecule has 30 heavy (non-hydrogen) atoms. The van der Waals surface area contributed by atoms with Gasteiger partial charge in [0.25, 0.3) is 5.79 Å². The Bertz CT molecular complexity index is 863. The van der Waals surface area contributed by atoms with Crippen LogP contribution in [0.3, 0.4) is 0 Å². The second kappa shape index (κ2) is 11.8. The Morgan fingerprint density at radius 1 is 1.13 bits per heavy atom. The molecule has 2 aromatic carbocycles. The maximum absolute atomic E-state index is 12.2. The fourth-order valence-corrected chi connectivity index (χ4v) is 3.03. The number of anilines is 1. The Morgan fingerprint density at radius 2 is 1.83 bits per heavy atom. The Kier molecular flexibility index (Phi) is 10.1. The number of hydrogen-bond donors (Lipinski definition) is 1. The summed E-state index contributed by atoms with van der Waals surface area (Å²) in [5.74, 6) is -1.53. The molecule has 0 spiro atoms. The summed E-state index contributed by atoms with van der Waals surface area (Å²) in [6.45, 7) is 3.74. The number of rotatable bonds is 8. The van der Waals surface area contributed by atoms with E-state index in [0.29, 0.717) is 29.4 Å². The molecule has 0 saturated carbocycles. The van der Waals surface area contributed by atoms with E-state index >= 15 is 0 Å². The molecule has 2 aromatic rings. The maximum atomic E-state index is 12.2. The minimum absolute atomic E-state index is 0. The predicted octanol–water partition coefficient (Wildman–Crippen LogP) is 4.69. The molecule has 0 fully saturated rings. The number of ether oxygens (including phenoxy) is 3. The van der Waals surface area contributed by atoms with E-state index in [9.17, 15) is 9.59 Å². The normalized spacial score (nSPS) is 12.5. The fourth-order valence-electron chi connectivity index (χ4n) is 2.84. The van der Waals surface area contributed by atoms with Gasteiger partial charge >= 0.3 is 12.1 Å². The van der Waals surface area contributed by atoms with E-state index in [-0.39, 0.29) is 18.2 Å². The van der Waals surface area contributed by atoms with Gasteiger partial charge in [-0.2, -0.15) is 0 Å². The zero-order valence-corrected chi connectivity index (χ0v) is 18.9. The number of halogens is 2. The topological polar surface area (TPSA) is 77.1 Å². The highest BCUT2D eigenvalue weighted by atomic mass is 35.5. The average Bonchev–Trinajstić information content (AvgIpc) is 2.61. The van der Waals surface area contributed by atoms with Crippen molar-refractivity contribution in [2.24, 2.45) is 0 Å². The second-order valence-electron chi connectivity index (χ2n) is 6.57. The zero-order chi connectivity index (χ0) is 21.4. The van der Waals surface area contributed by atoms with Gasteiger partial charge in [-0.25, -0.2) is 4.79 Å². The van der Waals surface area contributed by atoms with Crippen LogP contribution >= 0.6 is 24.0 Å². The largest absolute Gasteiger partial charge is 0.427 e. The number of likely N-dealkylation sites (N-methyl/N-ethyl adjacent to an activating group) is 1. The first-order chi connectivity index (χ1) is 13.7. The summed E-state index contributed by atoms with van der Waals surface area (Å²) in [6.07, 6.45) is -0.675. The van der Waals surface area contributed by atoms with Crippen LogP contribution < -0.4 is 10.1 Å². The monoisotopic (exact) mass is 456 g/mol. The molecule has 0 radical (unpaired) electrons. The summed E-state index contributed by atoms with van der Waals surface area (Å²) < 4.78 is 16.8. The van der Waals surface area contributed by atoms with Gasteiger partial charge in [0.2, 0.25) is 0 Å². The third-order valence-electron chi connectivity index (χ3n) is 3.77. The van der Waals surface area contributed by atoms with E-state index in [4.69, 9.17) is 25.8 Å². The van der Waals surface area contributed by atoms with Crippen molar-refractivity contribution in [3.63, 3.8) is 0 Å². The van der Waals surface area contributed by atoms with Crippen LogP contribution in [0, 0.1) is 0 Å². The summed E-state index contributed by atoms with van der Waals surface area (Å²) >= 11 is 5.92. The number of hydrogen-bond acceptors (Lipinski definition) is 6. The molecule has 7 nitrogen and oxygen atoms in total. The molecule has 0 aliphatic carbocycles. The van der Waals surface area contributed by atoms with Crippen LogP contribution in [-0.4, -0.2) is 44.2 Å². The molecule has 2 rings (SSSR count). The van der Waals surface area contributed by atoms with E-state index in [1.807, 2.05) is 25.9 Å². The van der Waals surface area contributed by atoms with Crippen molar-refractivity contribution >= 4 is 41.8 Å². The van der Waals surface area contributed by atoms with Crippen molar-refractivity contribution in [2.45, 2.75) is 19.6 Å². The van der Waals surface area contributed by atoms with Gasteiger partial charge in [0.05, 0.1) is 6.54 Å². The lowest BCUT2D eigenvalue weighted by Gasteiger charge is -2.35. The first-order valence-electron chi connectivity index (χ1n) is 9.07. The van der Waals surface area contributed by atoms with Crippen LogP contribution in [0.5, 0.6) is 5.75 Å². The highest BCUT2D eigenvalue weighted by Crippen LogP contribution is 2.31. The molecule has 9 heteroatoms. The maximum Gasteiger partial charge on any atom is 0.417 e. The smallest absolute Gasteiger partial charge is 0.417 e. The third kappa shape index (κ3) is 7.50. The summed E-state index contributed by atoms with van der Waals surface area (Å²) in [5, 5.41) is 3.11. The summed E-state index contributed by atoms with van der Waals surface area (Å²) in [5.41, 5.74) is 1.06. The SMILES string of the molecule is CCOC(CN(C)C)(OC(C)=O)c1cccc(OC(=O)Nc2cccc(Cl)c2)c1.Cl. The number of carbonyl (C=O) groups excluding carboxylic acids is 2. The van der Waals surface area contributed by atoms with Crippen LogP contribution in [0.1, 0.15) is 19.4 Å². The van der Waals surface area contributed by atoms with Crippen molar-refractivity contribution in [3.8, 4) is 5.75 Å². The van der Waals surface area contributed by atoms with E-state index in [1.54, 1.807) is 48.5 Å². The first-order valence-corrected chi connectivity index (χ1v) is 9.45. The molecule has 1 amide bonds. The first kappa shape index (κ1) is 25.7. The van der Waals surface area contributed by atoms with Gasteiger partial charge in [0, 0.05) is 29.8 Å². The number of esters is 1. The van der Waals surface area contributed by atoms with Crippen molar-refractivity contribution in [2.75, 3.05) is 32.6 Å². The zero-order valence-electron chi connectivity index (χ0n) is 17.3. The van der Waals surface area contributed by atoms with Gasteiger partial charge in [-0.05, 0) is 51.4 Å². The third-order valence-corrected chi connectivity index (χ3v) is 4.00. The molecule has 0 aliphatic rings. The molecule has 0 saturated heterocycles. The molecule has 164 valence electrons. The standard InChI is InChI=1S/C21H25ClN2O5.ClH/c1-5-27-21(14-24(3)4,29-15(2)25)16-8-6-11-19(12-16)28-20(26)23-18-10-7-9-17(22)13-18;/h6-13H,5,14H2,1-4H3,(H,23,26);1H. The number of benzene rings is 2. The van der Waals surface area contributed by atoms with Crippen LogP contribution in [0.25, 0.3) is 0 Å². The van der Waals surface area contributed by atoms with E-state index in [2.05, 4.69) is 5.32 Å².